The Morgan fingerprint density at radius 3 is 2.67 bits per heavy atom. The molecule has 1 fully saturated rings. The maximum atomic E-state index is 11.9. The molecule has 4 nitrogen and oxygen atoms in total. The van der Waals surface area contributed by atoms with Gasteiger partial charge in [0.05, 0.1) is 5.41 Å². The monoisotopic (exact) mass is 205 g/mol. The highest BCUT2D eigenvalue weighted by molar-refractivity contribution is 5.91. The van der Waals surface area contributed by atoms with E-state index in [1.165, 1.54) is 0 Å². The average Bonchev–Trinajstić information content (AvgIpc) is 3.08. The van der Waals surface area contributed by atoms with Crippen LogP contribution in [0.2, 0.25) is 0 Å². The summed E-state index contributed by atoms with van der Waals surface area (Å²) in [5, 5.41) is 2.85. The number of amides is 1. The first kappa shape index (κ1) is 10.1. The van der Waals surface area contributed by atoms with Crippen LogP contribution in [0.4, 0.5) is 0 Å². The molecule has 15 heavy (non-hydrogen) atoms. The summed E-state index contributed by atoms with van der Waals surface area (Å²) in [6, 6.07) is 3.82. The lowest BCUT2D eigenvalue weighted by Gasteiger charge is -2.14. The average molecular weight is 205 g/mol. The number of hydrogen-bond donors (Lipinski definition) is 2. The lowest BCUT2D eigenvalue weighted by molar-refractivity contribution is -0.123. The normalized spacial score (nSPS) is 17.1. The summed E-state index contributed by atoms with van der Waals surface area (Å²) in [4.78, 5) is 15.9. The van der Waals surface area contributed by atoms with Crippen LogP contribution >= 0.6 is 0 Å². The molecule has 1 saturated carbocycles. The number of hydrogen-bond acceptors (Lipinski definition) is 3. The van der Waals surface area contributed by atoms with Crippen molar-refractivity contribution >= 4 is 5.91 Å². The number of carbonyl (C=O) groups excluding carboxylic acids is 1. The van der Waals surface area contributed by atoms with Crippen LogP contribution in [0.5, 0.6) is 0 Å². The fraction of sp³-hybridized carbons (Fsp3) is 0.455. The van der Waals surface area contributed by atoms with Crippen molar-refractivity contribution in [2.75, 3.05) is 13.1 Å². The van der Waals surface area contributed by atoms with Crippen LogP contribution in [0, 0.1) is 0 Å². The van der Waals surface area contributed by atoms with Crippen LogP contribution in [-0.2, 0) is 10.2 Å². The molecule has 2 rings (SSSR count). The quantitative estimate of drug-likeness (QED) is 0.737. The smallest absolute Gasteiger partial charge is 0.230 e. The number of aromatic nitrogens is 1. The zero-order valence-electron chi connectivity index (χ0n) is 8.57. The number of nitrogens with one attached hydrogen (secondary N) is 1. The van der Waals surface area contributed by atoms with Gasteiger partial charge in [0.15, 0.2) is 0 Å². The van der Waals surface area contributed by atoms with Gasteiger partial charge in [0.2, 0.25) is 5.91 Å². The van der Waals surface area contributed by atoms with E-state index in [0.717, 1.165) is 18.4 Å². The Labute approximate surface area is 88.9 Å². The number of nitrogens with two attached hydrogens (primary N) is 1. The maximum absolute atomic E-state index is 11.9. The molecule has 80 valence electrons. The molecule has 0 spiro atoms. The largest absolute Gasteiger partial charge is 0.354 e. The van der Waals surface area contributed by atoms with Crippen molar-refractivity contribution in [1.29, 1.82) is 0 Å². The van der Waals surface area contributed by atoms with Crippen LogP contribution in [0.1, 0.15) is 18.4 Å². The van der Waals surface area contributed by atoms with E-state index in [2.05, 4.69) is 10.3 Å². The molecule has 0 bridgehead atoms. The van der Waals surface area contributed by atoms with Crippen molar-refractivity contribution in [1.82, 2.24) is 10.3 Å². The minimum absolute atomic E-state index is 0.0964. The molecule has 3 N–H and O–H groups in total. The molecule has 0 aliphatic heterocycles. The van der Waals surface area contributed by atoms with Gasteiger partial charge in [-0.25, -0.2) is 0 Å². The number of rotatable bonds is 4. The van der Waals surface area contributed by atoms with E-state index in [0.29, 0.717) is 13.1 Å². The predicted octanol–water partition coefficient (Wildman–Crippen LogP) is 0.188. The fourth-order valence-electron chi connectivity index (χ4n) is 1.80. The Morgan fingerprint density at radius 1 is 1.47 bits per heavy atom. The Hall–Kier alpha value is -1.42. The highest BCUT2D eigenvalue weighted by atomic mass is 16.2. The minimum Gasteiger partial charge on any atom is -0.354 e. The van der Waals surface area contributed by atoms with E-state index in [1.807, 2.05) is 12.1 Å². The second kappa shape index (κ2) is 3.98. The molecule has 1 heterocycles. The highest BCUT2D eigenvalue weighted by Gasteiger charge is 2.50. The van der Waals surface area contributed by atoms with Crippen LogP contribution in [-0.4, -0.2) is 24.0 Å². The SMILES string of the molecule is NCCNC(=O)C1(c2ccncc2)CC1. The molecule has 1 amide bonds. The third-order valence-corrected chi connectivity index (χ3v) is 2.85. The zero-order valence-corrected chi connectivity index (χ0v) is 8.57. The van der Waals surface area contributed by atoms with Crippen LogP contribution in [0.3, 0.4) is 0 Å². The Bertz CT molecular complexity index is 346. The van der Waals surface area contributed by atoms with Crippen LogP contribution < -0.4 is 11.1 Å². The molecule has 1 aliphatic rings. The van der Waals surface area contributed by atoms with E-state index in [9.17, 15) is 4.79 Å². The summed E-state index contributed by atoms with van der Waals surface area (Å²) >= 11 is 0. The van der Waals surface area contributed by atoms with Crippen molar-refractivity contribution in [3.05, 3.63) is 30.1 Å². The molecule has 0 atom stereocenters. The van der Waals surface area contributed by atoms with Crippen LogP contribution in [0.15, 0.2) is 24.5 Å². The first-order valence-corrected chi connectivity index (χ1v) is 5.18. The van der Waals surface area contributed by atoms with Crippen molar-refractivity contribution in [3.8, 4) is 0 Å². The Morgan fingerprint density at radius 2 is 2.13 bits per heavy atom. The summed E-state index contributed by atoms with van der Waals surface area (Å²) in [6.45, 7) is 1.03. The second-order valence-corrected chi connectivity index (χ2v) is 3.86. The van der Waals surface area contributed by atoms with Crippen molar-refractivity contribution in [2.45, 2.75) is 18.3 Å². The molecule has 1 aliphatic carbocycles. The predicted molar refractivity (Wildman–Crippen MR) is 57.2 cm³/mol. The van der Waals surface area contributed by atoms with Gasteiger partial charge in [-0.3, -0.25) is 9.78 Å². The van der Waals surface area contributed by atoms with Crippen molar-refractivity contribution < 1.29 is 4.79 Å². The highest BCUT2D eigenvalue weighted by Crippen LogP contribution is 2.48. The molecule has 0 radical (unpaired) electrons. The standard InChI is InChI=1S/C11H15N3O/c12-5-8-14-10(15)11(3-4-11)9-1-6-13-7-2-9/h1-2,6-7H,3-5,8,12H2,(H,14,15). The number of nitrogens with zero attached hydrogens (tertiary/aromatic N) is 1. The topological polar surface area (TPSA) is 68.0 Å². The van der Waals surface area contributed by atoms with Gasteiger partial charge >= 0.3 is 0 Å². The summed E-state index contributed by atoms with van der Waals surface area (Å²) in [5.41, 5.74) is 6.12. The zero-order chi connectivity index (χ0) is 10.7. The summed E-state index contributed by atoms with van der Waals surface area (Å²) < 4.78 is 0. The first-order valence-electron chi connectivity index (χ1n) is 5.18. The number of pyridine rings is 1. The van der Waals surface area contributed by atoms with Gasteiger partial charge in [-0.15, -0.1) is 0 Å². The summed E-state index contributed by atoms with van der Waals surface area (Å²) in [7, 11) is 0. The van der Waals surface area contributed by atoms with Crippen molar-refractivity contribution in [3.63, 3.8) is 0 Å². The molecule has 1 aromatic heterocycles. The van der Waals surface area contributed by atoms with E-state index >= 15 is 0 Å². The van der Waals surface area contributed by atoms with E-state index in [4.69, 9.17) is 5.73 Å². The van der Waals surface area contributed by atoms with Gasteiger partial charge in [-0.05, 0) is 30.5 Å². The van der Waals surface area contributed by atoms with Gasteiger partial charge in [0.25, 0.3) is 0 Å². The Kier molecular flexibility index (Phi) is 2.68. The summed E-state index contributed by atoms with van der Waals surface area (Å²) in [5.74, 6) is 0.0964. The molecular formula is C11H15N3O. The first-order chi connectivity index (χ1) is 7.29. The maximum Gasteiger partial charge on any atom is 0.230 e. The van der Waals surface area contributed by atoms with Gasteiger partial charge in [0.1, 0.15) is 0 Å². The minimum atomic E-state index is -0.294. The third kappa shape index (κ3) is 1.85. The Balaban J connectivity index is 2.11. The second-order valence-electron chi connectivity index (χ2n) is 3.86. The molecular weight excluding hydrogens is 190 g/mol. The third-order valence-electron chi connectivity index (χ3n) is 2.85. The molecule has 0 saturated heterocycles. The molecule has 1 aromatic rings. The van der Waals surface area contributed by atoms with E-state index in [1.54, 1.807) is 12.4 Å². The lowest BCUT2D eigenvalue weighted by atomic mass is 9.96. The molecule has 0 unspecified atom stereocenters. The van der Waals surface area contributed by atoms with E-state index in [-0.39, 0.29) is 11.3 Å². The van der Waals surface area contributed by atoms with Gasteiger partial charge in [-0.1, -0.05) is 0 Å². The lowest BCUT2D eigenvalue weighted by Crippen LogP contribution is -2.37. The molecule has 4 heteroatoms. The number of carbonyl (C=O) groups is 1. The molecule has 0 aromatic carbocycles. The fourth-order valence-corrected chi connectivity index (χ4v) is 1.80. The van der Waals surface area contributed by atoms with Gasteiger partial charge in [-0.2, -0.15) is 0 Å². The van der Waals surface area contributed by atoms with E-state index < -0.39 is 0 Å². The van der Waals surface area contributed by atoms with Crippen LogP contribution in [0.25, 0.3) is 0 Å². The van der Waals surface area contributed by atoms with Gasteiger partial charge in [0, 0.05) is 25.5 Å². The summed E-state index contributed by atoms with van der Waals surface area (Å²) in [6.07, 6.45) is 5.30. The van der Waals surface area contributed by atoms with Gasteiger partial charge < -0.3 is 11.1 Å². The van der Waals surface area contributed by atoms with Crippen molar-refractivity contribution in [2.24, 2.45) is 5.73 Å².